The van der Waals surface area contributed by atoms with Crippen molar-refractivity contribution in [2.75, 3.05) is 0 Å². The first-order valence-electron chi connectivity index (χ1n) is 5.50. The second-order valence-corrected chi connectivity index (χ2v) is 4.06. The molecule has 2 aromatic rings. The molecule has 0 saturated heterocycles. The van der Waals surface area contributed by atoms with Crippen molar-refractivity contribution in [2.24, 2.45) is 5.73 Å². The van der Waals surface area contributed by atoms with Crippen molar-refractivity contribution in [3.63, 3.8) is 0 Å². The van der Waals surface area contributed by atoms with Gasteiger partial charge in [0.2, 0.25) is 5.91 Å². The number of carbonyl (C=O) groups excluding carboxylic acids is 2. The van der Waals surface area contributed by atoms with Gasteiger partial charge in [-0.05, 0) is 30.3 Å². The molecule has 1 amide bonds. The lowest BCUT2D eigenvalue weighted by Crippen LogP contribution is -2.09. The van der Waals surface area contributed by atoms with E-state index in [1.165, 1.54) is 12.1 Å². The number of rotatable bonds is 2. The van der Waals surface area contributed by atoms with Gasteiger partial charge in [0.25, 0.3) is 0 Å². The van der Waals surface area contributed by atoms with E-state index in [4.69, 9.17) is 22.6 Å². The zero-order valence-corrected chi connectivity index (χ0v) is 11.1. The highest BCUT2D eigenvalue weighted by Crippen LogP contribution is 2.10. The minimum atomic E-state index is -0.813. The Balaban J connectivity index is 0.000000204. The summed E-state index contributed by atoms with van der Waals surface area (Å²) in [5.41, 5.74) is 5.75. The molecule has 0 fully saturated rings. The van der Waals surface area contributed by atoms with Gasteiger partial charge >= 0.3 is 5.97 Å². The molecule has 20 heavy (non-hydrogen) atoms. The van der Waals surface area contributed by atoms with Gasteiger partial charge < -0.3 is 5.73 Å². The number of nitrogens with two attached hydrogens (primary N) is 1. The van der Waals surface area contributed by atoms with Crippen LogP contribution in [0, 0.1) is 0 Å². The van der Waals surface area contributed by atoms with Crippen LogP contribution in [0.25, 0.3) is 0 Å². The first kappa shape index (κ1) is 15.7. The molecule has 0 aromatic heterocycles. The van der Waals surface area contributed by atoms with E-state index in [2.05, 4.69) is 4.89 Å². The molecule has 0 bridgehead atoms. The van der Waals surface area contributed by atoms with Gasteiger partial charge in [-0.1, -0.05) is 35.9 Å². The van der Waals surface area contributed by atoms with Crippen molar-refractivity contribution in [3.8, 4) is 0 Å². The van der Waals surface area contributed by atoms with Crippen LogP contribution in [0.5, 0.6) is 0 Å². The van der Waals surface area contributed by atoms with E-state index in [-0.39, 0.29) is 11.5 Å². The highest BCUT2D eigenvalue weighted by Gasteiger charge is 2.05. The van der Waals surface area contributed by atoms with Crippen LogP contribution >= 0.6 is 11.6 Å². The molecule has 0 heterocycles. The molecular formula is C14H12ClNO4. The standard InChI is InChI=1S/C7H5ClO3.C7H7NO/c8-6-3-1-2-5(4-6)7(9)11-10;8-7(9)6-4-2-1-3-5-6/h1-4,10H;1-5H,(H2,8,9). The van der Waals surface area contributed by atoms with E-state index in [9.17, 15) is 9.59 Å². The van der Waals surface area contributed by atoms with Crippen LogP contribution in [0.2, 0.25) is 5.02 Å². The third kappa shape index (κ3) is 5.09. The number of hydrogen-bond donors (Lipinski definition) is 2. The Morgan fingerprint density at radius 1 is 1.00 bits per heavy atom. The van der Waals surface area contributed by atoms with E-state index in [0.717, 1.165) is 0 Å². The fraction of sp³-hybridized carbons (Fsp3) is 0. The molecule has 0 saturated carbocycles. The summed E-state index contributed by atoms with van der Waals surface area (Å²) in [5.74, 6) is -1.19. The van der Waals surface area contributed by atoms with Crippen molar-refractivity contribution < 1.29 is 19.7 Å². The highest BCUT2D eigenvalue weighted by atomic mass is 35.5. The van der Waals surface area contributed by atoms with Gasteiger partial charge in [0.05, 0.1) is 5.56 Å². The quantitative estimate of drug-likeness (QED) is 0.658. The predicted molar refractivity (Wildman–Crippen MR) is 74.5 cm³/mol. The zero-order chi connectivity index (χ0) is 15.0. The summed E-state index contributed by atoms with van der Waals surface area (Å²) in [5, 5.41) is 8.41. The van der Waals surface area contributed by atoms with E-state index < -0.39 is 5.97 Å². The van der Waals surface area contributed by atoms with Crippen LogP contribution in [0.4, 0.5) is 0 Å². The Labute approximate surface area is 120 Å². The van der Waals surface area contributed by atoms with Gasteiger partial charge in [0.15, 0.2) is 0 Å². The molecule has 5 nitrogen and oxygen atoms in total. The lowest BCUT2D eigenvalue weighted by molar-refractivity contribution is -0.182. The fourth-order valence-corrected chi connectivity index (χ4v) is 1.46. The van der Waals surface area contributed by atoms with Crippen LogP contribution in [0.1, 0.15) is 20.7 Å². The van der Waals surface area contributed by atoms with Crippen LogP contribution in [0.15, 0.2) is 54.6 Å². The zero-order valence-electron chi connectivity index (χ0n) is 10.3. The minimum Gasteiger partial charge on any atom is -0.366 e. The largest absolute Gasteiger partial charge is 0.372 e. The van der Waals surface area contributed by atoms with Crippen LogP contribution in [0.3, 0.4) is 0 Å². The van der Waals surface area contributed by atoms with Crippen LogP contribution in [-0.4, -0.2) is 17.1 Å². The van der Waals surface area contributed by atoms with Crippen molar-refractivity contribution in [1.82, 2.24) is 0 Å². The number of primary amides is 1. The number of benzene rings is 2. The Hall–Kier alpha value is -2.37. The van der Waals surface area contributed by atoms with Gasteiger partial charge in [-0.2, -0.15) is 5.26 Å². The summed E-state index contributed by atoms with van der Waals surface area (Å²) in [7, 11) is 0. The molecule has 0 aliphatic heterocycles. The monoisotopic (exact) mass is 293 g/mol. The number of amides is 1. The Morgan fingerprint density at radius 2 is 1.60 bits per heavy atom. The Bertz CT molecular complexity index is 587. The molecule has 2 aromatic carbocycles. The molecule has 3 N–H and O–H groups in total. The van der Waals surface area contributed by atoms with Crippen LogP contribution < -0.4 is 5.73 Å². The second kappa shape index (κ2) is 7.93. The van der Waals surface area contributed by atoms with Gasteiger partial charge in [-0.3, -0.25) is 9.68 Å². The summed E-state index contributed by atoms with van der Waals surface area (Å²) >= 11 is 5.56. The SMILES string of the molecule is NC(=O)c1ccccc1.O=C(OO)c1cccc(Cl)c1. The summed E-state index contributed by atoms with van der Waals surface area (Å²) in [4.78, 5) is 24.6. The lowest BCUT2D eigenvalue weighted by Gasteiger charge is -1.95. The lowest BCUT2D eigenvalue weighted by atomic mass is 10.2. The van der Waals surface area contributed by atoms with Gasteiger partial charge in [0, 0.05) is 10.6 Å². The molecule has 0 atom stereocenters. The average molecular weight is 294 g/mol. The van der Waals surface area contributed by atoms with Crippen molar-refractivity contribution >= 4 is 23.5 Å². The summed E-state index contributed by atoms with van der Waals surface area (Å²) < 4.78 is 0. The molecule has 0 aliphatic rings. The first-order chi connectivity index (χ1) is 9.54. The molecule has 0 radical (unpaired) electrons. The average Bonchev–Trinajstić information content (AvgIpc) is 2.48. The second-order valence-electron chi connectivity index (χ2n) is 3.62. The molecule has 104 valence electrons. The maximum absolute atomic E-state index is 10.6. The van der Waals surface area contributed by atoms with Gasteiger partial charge in [-0.25, -0.2) is 4.79 Å². The summed E-state index contributed by atoms with van der Waals surface area (Å²) in [6.07, 6.45) is 0. The van der Waals surface area contributed by atoms with Crippen molar-refractivity contribution in [3.05, 3.63) is 70.7 Å². The maximum atomic E-state index is 10.6. The molecule has 0 aliphatic carbocycles. The molecule has 6 heteroatoms. The maximum Gasteiger partial charge on any atom is 0.372 e. The Morgan fingerprint density at radius 3 is 2.05 bits per heavy atom. The third-order valence-corrected chi connectivity index (χ3v) is 2.44. The molecular weight excluding hydrogens is 282 g/mol. The van der Waals surface area contributed by atoms with Gasteiger partial charge in [-0.15, -0.1) is 0 Å². The number of carbonyl (C=O) groups is 2. The normalized spacial score (nSPS) is 9.10. The van der Waals surface area contributed by atoms with Crippen molar-refractivity contribution in [2.45, 2.75) is 0 Å². The summed E-state index contributed by atoms with van der Waals surface area (Å²) in [6, 6.07) is 14.9. The van der Waals surface area contributed by atoms with E-state index in [1.807, 2.05) is 6.07 Å². The Kier molecular flexibility index (Phi) is 6.22. The first-order valence-corrected chi connectivity index (χ1v) is 5.88. The van der Waals surface area contributed by atoms with Crippen molar-refractivity contribution in [1.29, 1.82) is 0 Å². The molecule has 0 unspecified atom stereocenters. The van der Waals surface area contributed by atoms with E-state index >= 15 is 0 Å². The summed E-state index contributed by atoms with van der Waals surface area (Å²) in [6.45, 7) is 0. The minimum absolute atomic E-state index is 0.222. The molecule has 2 rings (SSSR count). The van der Waals surface area contributed by atoms with E-state index in [1.54, 1.807) is 36.4 Å². The molecule has 0 spiro atoms. The predicted octanol–water partition coefficient (Wildman–Crippen LogP) is 2.76. The smallest absolute Gasteiger partial charge is 0.366 e. The van der Waals surface area contributed by atoms with E-state index in [0.29, 0.717) is 10.6 Å². The van der Waals surface area contributed by atoms with Gasteiger partial charge in [0.1, 0.15) is 0 Å². The third-order valence-electron chi connectivity index (χ3n) is 2.20. The van der Waals surface area contributed by atoms with Crippen LogP contribution in [-0.2, 0) is 4.89 Å². The number of hydrogen-bond acceptors (Lipinski definition) is 4. The highest BCUT2D eigenvalue weighted by molar-refractivity contribution is 6.30. The fourth-order valence-electron chi connectivity index (χ4n) is 1.27. The number of halogens is 1. The topological polar surface area (TPSA) is 89.6 Å².